The summed E-state index contributed by atoms with van der Waals surface area (Å²) in [5, 5.41) is 12.3. The Balaban J connectivity index is 1.55. The Bertz CT molecular complexity index is 669. The average Bonchev–Trinajstić information content (AvgIpc) is 3.08. The minimum absolute atomic E-state index is 0.0447. The van der Waals surface area contributed by atoms with Gasteiger partial charge >= 0.3 is 12.0 Å². The molecule has 1 aliphatic heterocycles. The summed E-state index contributed by atoms with van der Waals surface area (Å²) in [5.74, 6) is -1.05. The second-order valence-electron chi connectivity index (χ2n) is 6.65. The summed E-state index contributed by atoms with van der Waals surface area (Å²) in [6, 6.07) is 4.45. The van der Waals surface area contributed by atoms with Crippen LogP contribution in [0.2, 0.25) is 0 Å². The van der Waals surface area contributed by atoms with Crippen LogP contribution in [-0.2, 0) is 11.2 Å². The molecule has 1 saturated heterocycles. The van der Waals surface area contributed by atoms with Crippen LogP contribution in [0.5, 0.6) is 0 Å². The van der Waals surface area contributed by atoms with Gasteiger partial charge in [0.15, 0.2) is 0 Å². The van der Waals surface area contributed by atoms with Gasteiger partial charge in [0.2, 0.25) is 0 Å². The fourth-order valence-corrected chi connectivity index (χ4v) is 4.35. The van der Waals surface area contributed by atoms with Gasteiger partial charge in [-0.2, -0.15) is 0 Å². The number of amides is 2. The molecule has 0 aromatic heterocycles. The fourth-order valence-electron chi connectivity index (χ4n) is 3.94. The van der Waals surface area contributed by atoms with Crippen molar-refractivity contribution in [3.63, 3.8) is 0 Å². The summed E-state index contributed by atoms with van der Waals surface area (Å²) in [5.41, 5.74) is -0.238. The third-order valence-electron chi connectivity index (χ3n) is 5.26. The minimum Gasteiger partial charge on any atom is -0.481 e. The lowest BCUT2D eigenvalue weighted by Crippen LogP contribution is -2.42. The standard InChI is InChI=1S/C17H20BrFN2O3/c18-13-3-4-14(19)11(8-13)5-7-20-16(24)21-9-12-2-1-6-17(12,10-21)15(22)23/h3-4,8,12H,1-2,5-7,9-10H2,(H,20,24)(H,22,23)/t12-,17+/m0/s1. The number of fused-ring (bicyclic) bond motifs is 1. The Labute approximate surface area is 148 Å². The molecule has 7 heteroatoms. The summed E-state index contributed by atoms with van der Waals surface area (Å²) in [6.07, 6.45) is 2.80. The van der Waals surface area contributed by atoms with Crippen LogP contribution in [-0.4, -0.2) is 41.6 Å². The number of rotatable bonds is 4. The molecule has 0 bridgehead atoms. The number of benzene rings is 1. The van der Waals surface area contributed by atoms with Crippen LogP contribution in [0.4, 0.5) is 9.18 Å². The predicted octanol–water partition coefficient (Wildman–Crippen LogP) is 3.03. The first kappa shape index (κ1) is 17.2. The highest BCUT2D eigenvalue weighted by molar-refractivity contribution is 9.10. The second-order valence-corrected chi connectivity index (χ2v) is 7.56. The zero-order valence-electron chi connectivity index (χ0n) is 13.2. The van der Waals surface area contributed by atoms with Gasteiger partial charge < -0.3 is 15.3 Å². The van der Waals surface area contributed by atoms with Gasteiger partial charge in [0, 0.05) is 24.1 Å². The highest BCUT2D eigenvalue weighted by Crippen LogP contribution is 2.48. The predicted molar refractivity (Wildman–Crippen MR) is 90.2 cm³/mol. The molecular formula is C17H20BrFN2O3. The van der Waals surface area contributed by atoms with E-state index in [1.54, 1.807) is 17.0 Å². The number of likely N-dealkylation sites (tertiary alicyclic amines) is 1. The molecule has 2 atom stereocenters. The van der Waals surface area contributed by atoms with E-state index in [0.29, 0.717) is 31.5 Å². The Morgan fingerprint density at radius 1 is 1.46 bits per heavy atom. The van der Waals surface area contributed by atoms with Gasteiger partial charge in [-0.25, -0.2) is 9.18 Å². The van der Waals surface area contributed by atoms with Gasteiger partial charge in [-0.15, -0.1) is 0 Å². The number of carbonyl (C=O) groups is 2. The average molecular weight is 399 g/mol. The quantitative estimate of drug-likeness (QED) is 0.818. The van der Waals surface area contributed by atoms with Crippen LogP contribution in [0, 0.1) is 17.2 Å². The molecule has 1 saturated carbocycles. The van der Waals surface area contributed by atoms with Crippen molar-refractivity contribution in [2.24, 2.45) is 11.3 Å². The molecule has 0 radical (unpaired) electrons. The number of nitrogens with one attached hydrogen (secondary N) is 1. The number of hydrogen-bond donors (Lipinski definition) is 2. The van der Waals surface area contributed by atoms with Gasteiger partial charge in [-0.3, -0.25) is 4.79 Å². The van der Waals surface area contributed by atoms with Gasteiger partial charge in [-0.05, 0) is 48.9 Å². The molecule has 1 aromatic carbocycles. The van der Waals surface area contributed by atoms with E-state index >= 15 is 0 Å². The normalized spacial score (nSPS) is 25.6. The van der Waals surface area contributed by atoms with E-state index < -0.39 is 11.4 Å². The SMILES string of the molecule is O=C(NCCc1cc(Br)ccc1F)N1C[C@@H]2CCC[C@@]2(C(=O)O)C1. The first-order chi connectivity index (χ1) is 11.4. The van der Waals surface area contributed by atoms with Crippen LogP contribution in [0.25, 0.3) is 0 Å². The van der Waals surface area contributed by atoms with Crippen molar-refractivity contribution in [1.29, 1.82) is 0 Å². The Kier molecular flexibility index (Phi) is 4.80. The molecule has 0 unspecified atom stereocenters. The lowest BCUT2D eigenvalue weighted by molar-refractivity contribution is -0.149. The molecule has 2 N–H and O–H groups in total. The van der Waals surface area contributed by atoms with Gasteiger partial charge in [-0.1, -0.05) is 22.4 Å². The number of urea groups is 1. The summed E-state index contributed by atoms with van der Waals surface area (Å²) in [7, 11) is 0. The number of nitrogens with zero attached hydrogens (tertiary/aromatic N) is 1. The Morgan fingerprint density at radius 3 is 2.96 bits per heavy atom. The fraction of sp³-hybridized carbons (Fsp3) is 0.529. The topological polar surface area (TPSA) is 69.6 Å². The van der Waals surface area contributed by atoms with E-state index in [2.05, 4.69) is 21.2 Å². The molecule has 24 heavy (non-hydrogen) atoms. The maximum absolute atomic E-state index is 13.7. The van der Waals surface area contributed by atoms with E-state index in [0.717, 1.165) is 17.3 Å². The molecule has 1 aliphatic carbocycles. The third kappa shape index (κ3) is 3.14. The third-order valence-corrected chi connectivity index (χ3v) is 5.76. The first-order valence-corrected chi connectivity index (χ1v) is 8.92. The number of carboxylic acid groups (broad SMARTS) is 1. The number of aliphatic carboxylic acids is 1. The minimum atomic E-state index is -0.795. The number of halogens is 2. The molecule has 2 amide bonds. The molecule has 1 aromatic rings. The van der Waals surface area contributed by atoms with Gasteiger partial charge in [0.05, 0.1) is 5.41 Å². The van der Waals surface area contributed by atoms with Crippen molar-refractivity contribution < 1.29 is 19.1 Å². The van der Waals surface area contributed by atoms with E-state index in [1.807, 2.05) is 0 Å². The van der Waals surface area contributed by atoms with E-state index in [9.17, 15) is 19.1 Å². The zero-order chi connectivity index (χ0) is 17.3. The molecule has 0 spiro atoms. The van der Waals surface area contributed by atoms with Crippen LogP contribution >= 0.6 is 15.9 Å². The first-order valence-electron chi connectivity index (χ1n) is 8.12. The molecular weight excluding hydrogens is 379 g/mol. The smallest absolute Gasteiger partial charge is 0.317 e. The lowest BCUT2D eigenvalue weighted by Gasteiger charge is -2.23. The second kappa shape index (κ2) is 6.70. The Morgan fingerprint density at radius 2 is 2.25 bits per heavy atom. The Hall–Kier alpha value is -1.63. The maximum Gasteiger partial charge on any atom is 0.317 e. The van der Waals surface area contributed by atoms with Crippen LogP contribution in [0.15, 0.2) is 22.7 Å². The largest absolute Gasteiger partial charge is 0.481 e. The summed E-state index contributed by atoms with van der Waals surface area (Å²) >= 11 is 3.30. The van der Waals surface area contributed by atoms with E-state index in [1.165, 1.54) is 6.07 Å². The summed E-state index contributed by atoms with van der Waals surface area (Å²) < 4.78 is 14.5. The van der Waals surface area contributed by atoms with Crippen LogP contribution in [0.3, 0.4) is 0 Å². The maximum atomic E-state index is 13.7. The van der Waals surface area contributed by atoms with Crippen molar-refractivity contribution in [2.45, 2.75) is 25.7 Å². The summed E-state index contributed by atoms with van der Waals surface area (Å²) in [6.45, 7) is 1.07. The van der Waals surface area contributed by atoms with Crippen molar-refractivity contribution in [2.75, 3.05) is 19.6 Å². The van der Waals surface area contributed by atoms with E-state index in [4.69, 9.17) is 0 Å². The summed E-state index contributed by atoms with van der Waals surface area (Å²) in [4.78, 5) is 25.5. The van der Waals surface area contributed by atoms with Crippen LogP contribution in [0.1, 0.15) is 24.8 Å². The molecule has 2 fully saturated rings. The van der Waals surface area contributed by atoms with Crippen molar-refractivity contribution in [1.82, 2.24) is 10.2 Å². The van der Waals surface area contributed by atoms with Crippen molar-refractivity contribution in [3.8, 4) is 0 Å². The lowest BCUT2D eigenvalue weighted by atomic mass is 9.81. The molecule has 3 rings (SSSR count). The van der Waals surface area contributed by atoms with Crippen LogP contribution < -0.4 is 5.32 Å². The van der Waals surface area contributed by atoms with Crippen molar-refractivity contribution in [3.05, 3.63) is 34.1 Å². The number of carboxylic acids is 1. The van der Waals surface area contributed by atoms with E-state index in [-0.39, 0.29) is 24.3 Å². The van der Waals surface area contributed by atoms with Gasteiger partial charge in [0.1, 0.15) is 5.82 Å². The van der Waals surface area contributed by atoms with Gasteiger partial charge in [0.25, 0.3) is 0 Å². The molecule has 2 aliphatic rings. The highest BCUT2D eigenvalue weighted by atomic mass is 79.9. The molecule has 130 valence electrons. The number of carbonyl (C=O) groups excluding carboxylic acids is 1. The van der Waals surface area contributed by atoms with Crippen molar-refractivity contribution >= 4 is 27.9 Å². The molecule has 1 heterocycles. The number of hydrogen-bond acceptors (Lipinski definition) is 2. The molecule has 5 nitrogen and oxygen atoms in total. The monoisotopic (exact) mass is 398 g/mol. The zero-order valence-corrected chi connectivity index (χ0v) is 14.8. The highest BCUT2D eigenvalue weighted by Gasteiger charge is 2.55.